The molecule has 1 N–H and O–H groups in total. The number of allylic oxidation sites excluding steroid dienone is 1. The van der Waals surface area contributed by atoms with E-state index in [2.05, 4.69) is 4.98 Å². The fourth-order valence-electron chi connectivity index (χ4n) is 3.98. The molecule has 2 aromatic carbocycles. The van der Waals surface area contributed by atoms with Gasteiger partial charge in [-0.25, -0.2) is 4.79 Å². The number of aromatic nitrogens is 5. The molecule has 0 saturated carbocycles. The number of benzene rings is 2. The molecule has 0 aliphatic heterocycles. The molecule has 32 heavy (non-hydrogen) atoms. The van der Waals surface area contributed by atoms with E-state index in [1.54, 1.807) is 46.5 Å². The molecule has 0 aliphatic rings. The maximum atomic E-state index is 13.3. The van der Waals surface area contributed by atoms with Crippen molar-refractivity contribution in [3.05, 3.63) is 99.0 Å². The molecule has 0 spiro atoms. The van der Waals surface area contributed by atoms with Gasteiger partial charge in [0.25, 0.3) is 5.56 Å². The van der Waals surface area contributed by atoms with Crippen LogP contribution in [0.15, 0.2) is 76.5 Å². The molecule has 0 aliphatic carbocycles. The summed E-state index contributed by atoms with van der Waals surface area (Å²) in [6.45, 7) is 2.01. The van der Waals surface area contributed by atoms with Gasteiger partial charge in [0.1, 0.15) is 5.75 Å². The summed E-state index contributed by atoms with van der Waals surface area (Å²) in [5.74, 6) is 0.543. The van der Waals surface area contributed by atoms with Gasteiger partial charge in [0.2, 0.25) is 5.78 Å². The Morgan fingerprint density at radius 1 is 1.03 bits per heavy atom. The van der Waals surface area contributed by atoms with Gasteiger partial charge in [-0.2, -0.15) is 4.98 Å². The van der Waals surface area contributed by atoms with Crippen molar-refractivity contribution in [2.75, 3.05) is 0 Å². The molecule has 5 rings (SSSR count). The molecule has 0 unspecified atom stereocenters. The van der Waals surface area contributed by atoms with Crippen molar-refractivity contribution in [2.45, 2.75) is 13.5 Å². The second-order valence-corrected chi connectivity index (χ2v) is 7.62. The van der Waals surface area contributed by atoms with Crippen LogP contribution in [0, 0.1) is 6.92 Å². The van der Waals surface area contributed by atoms with Gasteiger partial charge in [0.05, 0.1) is 5.69 Å². The first kappa shape index (κ1) is 19.6. The van der Waals surface area contributed by atoms with Crippen LogP contribution in [0.3, 0.4) is 0 Å². The fraction of sp³-hybridized carbons (Fsp3) is 0.125. The number of aryl methyl sites for hydroxylation is 2. The summed E-state index contributed by atoms with van der Waals surface area (Å²) in [5, 5.41) is 10.3. The monoisotopic (exact) mass is 427 g/mol. The van der Waals surface area contributed by atoms with Gasteiger partial charge in [-0.1, -0.05) is 54.6 Å². The third-order valence-electron chi connectivity index (χ3n) is 5.55. The Bertz CT molecular complexity index is 1620. The van der Waals surface area contributed by atoms with Crippen LogP contribution in [0.4, 0.5) is 0 Å². The highest BCUT2D eigenvalue weighted by atomic mass is 16.3. The van der Waals surface area contributed by atoms with E-state index in [0.717, 1.165) is 11.3 Å². The molecule has 5 aromatic rings. The Hall–Kier alpha value is -4.33. The molecule has 8 heteroatoms. The number of rotatable bonds is 4. The molecule has 3 heterocycles. The molecule has 0 amide bonds. The van der Waals surface area contributed by atoms with E-state index >= 15 is 0 Å². The molecule has 0 fully saturated rings. The molecule has 0 atom stereocenters. The van der Waals surface area contributed by atoms with Crippen LogP contribution < -0.4 is 11.2 Å². The van der Waals surface area contributed by atoms with Crippen LogP contribution in [0.1, 0.15) is 11.3 Å². The zero-order chi connectivity index (χ0) is 22.4. The van der Waals surface area contributed by atoms with E-state index in [9.17, 15) is 14.7 Å². The van der Waals surface area contributed by atoms with Crippen LogP contribution in [0.25, 0.3) is 28.7 Å². The lowest BCUT2D eigenvalue weighted by Gasteiger charge is -2.07. The van der Waals surface area contributed by atoms with Crippen molar-refractivity contribution < 1.29 is 5.11 Å². The van der Waals surface area contributed by atoms with Gasteiger partial charge in [-0.3, -0.25) is 22.9 Å². The first-order valence-corrected chi connectivity index (χ1v) is 10.2. The number of aromatic hydroxyl groups is 1. The quantitative estimate of drug-likeness (QED) is 0.478. The Balaban J connectivity index is 1.71. The smallest absolute Gasteiger partial charge is 0.332 e. The van der Waals surface area contributed by atoms with Gasteiger partial charge < -0.3 is 5.11 Å². The molecule has 3 aromatic heterocycles. The number of hydrogen-bond acceptors (Lipinski definition) is 4. The average molecular weight is 427 g/mol. The highest BCUT2D eigenvalue weighted by Gasteiger charge is 2.21. The van der Waals surface area contributed by atoms with Crippen molar-refractivity contribution in [1.29, 1.82) is 0 Å². The predicted molar refractivity (Wildman–Crippen MR) is 123 cm³/mol. The number of fused-ring (bicyclic) bond motifs is 3. The van der Waals surface area contributed by atoms with Gasteiger partial charge in [0, 0.05) is 25.5 Å². The van der Waals surface area contributed by atoms with E-state index in [1.165, 1.54) is 9.13 Å². The predicted octanol–water partition coefficient (Wildman–Crippen LogP) is 2.87. The Labute approximate surface area is 182 Å². The minimum absolute atomic E-state index is 0.0955. The molecule has 8 nitrogen and oxygen atoms in total. The molecule has 0 radical (unpaired) electrons. The Morgan fingerprint density at radius 3 is 2.50 bits per heavy atom. The third-order valence-corrected chi connectivity index (χ3v) is 5.55. The van der Waals surface area contributed by atoms with E-state index in [0.29, 0.717) is 22.6 Å². The maximum Gasteiger partial charge on any atom is 0.332 e. The van der Waals surface area contributed by atoms with E-state index in [1.807, 2.05) is 49.4 Å². The summed E-state index contributed by atoms with van der Waals surface area (Å²) in [6, 6.07) is 16.6. The SMILES string of the molecule is Cc1cn2c3c(=O)n(CC=Cc4ccccc4)c(=O)n(C)c3nc2n1-c1ccccc1O. The maximum absolute atomic E-state index is 13.3. The van der Waals surface area contributed by atoms with Crippen molar-refractivity contribution in [3.8, 4) is 11.4 Å². The highest BCUT2D eigenvalue weighted by Crippen LogP contribution is 2.26. The van der Waals surface area contributed by atoms with Crippen molar-refractivity contribution in [3.63, 3.8) is 0 Å². The summed E-state index contributed by atoms with van der Waals surface area (Å²) in [6.07, 6.45) is 5.45. The molecule has 0 saturated heterocycles. The van der Waals surface area contributed by atoms with Crippen LogP contribution in [0.5, 0.6) is 5.75 Å². The lowest BCUT2D eigenvalue weighted by Crippen LogP contribution is -2.39. The number of phenolic OH excluding ortho intramolecular Hbond substituents is 1. The van der Waals surface area contributed by atoms with Crippen LogP contribution in [-0.4, -0.2) is 28.2 Å². The van der Waals surface area contributed by atoms with Gasteiger partial charge in [-0.05, 0) is 24.6 Å². The third kappa shape index (κ3) is 2.96. The molecule has 0 bridgehead atoms. The summed E-state index contributed by atoms with van der Waals surface area (Å²) in [4.78, 5) is 30.8. The van der Waals surface area contributed by atoms with Gasteiger partial charge in [0.15, 0.2) is 11.2 Å². The fourth-order valence-corrected chi connectivity index (χ4v) is 3.98. The van der Waals surface area contributed by atoms with Crippen molar-refractivity contribution in [2.24, 2.45) is 7.05 Å². The number of para-hydroxylation sites is 2. The standard InChI is InChI=1S/C24H21N5O3/c1-16-15-28-20-21(25-23(28)29(16)18-12-6-7-13-19(18)30)26(2)24(32)27(22(20)31)14-8-11-17-9-4-3-5-10-17/h3-13,15,30H,14H2,1-2H3. The second kappa shape index (κ2) is 7.42. The normalized spacial score (nSPS) is 11.8. The molecule has 160 valence electrons. The molecular weight excluding hydrogens is 406 g/mol. The highest BCUT2D eigenvalue weighted by molar-refractivity contribution is 5.76. The number of hydrogen-bond donors (Lipinski definition) is 1. The topological polar surface area (TPSA) is 86.5 Å². The first-order chi connectivity index (χ1) is 15.5. The Kier molecular flexibility index (Phi) is 4.55. The lowest BCUT2D eigenvalue weighted by molar-refractivity contribution is 0.472. The zero-order valence-corrected chi connectivity index (χ0v) is 17.6. The number of nitrogens with zero attached hydrogens (tertiary/aromatic N) is 5. The van der Waals surface area contributed by atoms with Gasteiger partial charge in [-0.15, -0.1) is 0 Å². The Morgan fingerprint density at radius 2 is 1.75 bits per heavy atom. The number of imidazole rings is 2. The van der Waals surface area contributed by atoms with Crippen LogP contribution in [0.2, 0.25) is 0 Å². The lowest BCUT2D eigenvalue weighted by atomic mass is 10.2. The van der Waals surface area contributed by atoms with E-state index < -0.39 is 11.2 Å². The van der Waals surface area contributed by atoms with Crippen LogP contribution in [-0.2, 0) is 13.6 Å². The summed E-state index contributed by atoms with van der Waals surface area (Å²) >= 11 is 0. The van der Waals surface area contributed by atoms with Crippen molar-refractivity contribution >= 4 is 23.0 Å². The second-order valence-electron chi connectivity index (χ2n) is 7.62. The van der Waals surface area contributed by atoms with E-state index in [4.69, 9.17) is 0 Å². The summed E-state index contributed by atoms with van der Waals surface area (Å²) < 4.78 is 6.02. The zero-order valence-electron chi connectivity index (χ0n) is 17.6. The average Bonchev–Trinajstić information content (AvgIpc) is 3.30. The first-order valence-electron chi connectivity index (χ1n) is 10.2. The van der Waals surface area contributed by atoms with Crippen LogP contribution >= 0.6 is 0 Å². The summed E-state index contributed by atoms with van der Waals surface area (Å²) in [5.41, 5.74) is 2.08. The summed E-state index contributed by atoms with van der Waals surface area (Å²) in [7, 11) is 1.60. The van der Waals surface area contributed by atoms with E-state index in [-0.39, 0.29) is 12.3 Å². The molecular formula is C24H21N5O3. The minimum atomic E-state index is -0.438. The largest absolute Gasteiger partial charge is 0.506 e. The number of phenols is 1. The van der Waals surface area contributed by atoms with Crippen molar-refractivity contribution in [1.82, 2.24) is 23.1 Å². The van der Waals surface area contributed by atoms with Gasteiger partial charge >= 0.3 is 5.69 Å². The minimum Gasteiger partial charge on any atom is -0.506 e.